The molecular weight excluding hydrogens is 402 g/mol. The molecule has 1 fully saturated rings. The first kappa shape index (κ1) is 21.8. The fourth-order valence-electron chi connectivity index (χ4n) is 3.37. The van der Waals surface area contributed by atoms with Gasteiger partial charge in [-0.2, -0.15) is 0 Å². The molecule has 1 aliphatic rings. The smallest absolute Gasteiger partial charge is 0.325 e. The summed E-state index contributed by atoms with van der Waals surface area (Å²) in [7, 11) is 0. The average molecular weight is 428 g/mol. The predicted octanol–water partition coefficient (Wildman–Crippen LogP) is 3.72. The number of nitrogens with zero attached hydrogens (tertiary/aromatic N) is 1. The molecule has 1 saturated heterocycles. The van der Waals surface area contributed by atoms with E-state index < -0.39 is 23.4 Å². The molecule has 6 nitrogen and oxygen atoms in total. The Morgan fingerprint density at radius 3 is 2.33 bits per heavy atom. The topological polar surface area (TPSA) is 78.5 Å². The molecule has 2 aromatic carbocycles. The number of carbonyl (C=O) groups is 3. The second kappa shape index (κ2) is 8.11. The van der Waals surface area contributed by atoms with Gasteiger partial charge in [0.05, 0.1) is 0 Å². The van der Waals surface area contributed by atoms with Crippen LogP contribution in [0.3, 0.4) is 0 Å². The van der Waals surface area contributed by atoms with E-state index in [0.29, 0.717) is 10.6 Å². The van der Waals surface area contributed by atoms with Gasteiger partial charge in [0.15, 0.2) is 0 Å². The first-order valence-corrected chi connectivity index (χ1v) is 10.2. The van der Waals surface area contributed by atoms with E-state index in [1.54, 1.807) is 25.1 Å². The lowest BCUT2D eigenvalue weighted by Gasteiger charge is -2.24. The van der Waals surface area contributed by atoms with E-state index in [4.69, 9.17) is 11.6 Å². The van der Waals surface area contributed by atoms with E-state index in [9.17, 15) is 14.4 Å². The lowest BCUT2D eigenvalue weighted by atomic mass is 9.84. The second-order valence-electron chi connectivity index (χ2n) is 8.64. The molecule has 0 spiro atoms. The van der Waals surface area contributed by atoms with Crippen molar-refractivity contribution >= 4 is 29.4 Å². The third-order valence-corrected chi connectivity index (χ3v) is 5.71. The molecule has 158 valence electrons. The van der Waals surface area contributed by atoms with Crippen LogP contribution in [0.5, 0.6) is 0 Å². The highest BCUT2D eigenvalue weighted by molar-refractivity contribution is 6.31. The van der Waals surface area contributed by atoms with Crippen LogP contribution in [0, 0.1) is 0 Å². The fraction of sp³-hybridized carbons (Fsp3) is 0.348. The number of carbonyl (C=O) groups excluding carboxylic acids is 3. The SMILES string of the molecule is CC(C)(C)c1ccc(C2(C)NC(=O)N(CC(=O)NCc3ccccc3Cl)C2=O)cc1. The van der Waals surface area contributed by atoms with Gasteiger partial charge in [-0.05, 0) is 35.1 Å². The minimum atomic E-state index is -1.21. The van der Waals surface area contributed by atoms with E-state index in [0.717, 1.165) is 16.0 Å². The summed E-state index contributed by atoms with van der Waals surface area (Å²) in [5.41, 5.74) is 1.33. The predicted molar refractivity (Wildman–Crippen MR) is 116 cm³/mol. The molecule has 1 unspecified atom stereocenters. The van der Waals surface area contributed by atoms with Crippen molar-refractivity contribution in [1.29, 1.82) is 0 Å². The monoisotopic (exact) mass is 427 g/mol. The van der Waals surface area contributed by atoms with Gasteiger partial charge in [-0.25, -0.2) is 4.79 Å². The molecule has 4 amide bonds. The maximum Gasteiger partial charge on any atom is 0.325 e. The molecule has 7 heteroatoms. The molecule has 0 saturated carbocycles. The van der Waals surface area contributed by atoms with Crippen LogP contribution in [0.2, 0.25) is 5.02 Å². The highest BCUT2D eigenvalue weighted by Gasteiger charge is 2.49. The number of benzene rings is 2. The molecule has 2 N–H and O–H groups in total. The van der Waals surface area contributed by atoms with E-state index >= 15 is 0 Å². The summed E-state index contributed by atoms with van der Waals surface area (Å²) in [6.07, 6.45) is 0. The van der Waals surface area contributed by atoms with Crippen molar-refractivity contribution in [2.24, 2.45) is 0 Å². The van der Waals surface area contributed by atoms with Gasteiger partial charge in [-0.1, -0.05) is 74.8 Å². The number of amides is 4. The summed E-state index contributed by atoms with van der Waals surface area (Å²) in [5, 5.41) is 5.97. The molecule has 1 atom stereocenters. The number of hydrogen-bond acceptors (Lipinski definition) is 3. The largest absolute Gasteiger partial charge is 0.350 e. The zero-order valence-electron chi connectivity index (χ0n) is 17.6. The number of urea groups is 1. The zero-order chi connectivity index (χ0) is 22.1. The molecule has 3 rings (SSSR count). The molecule has 2 aromatic rings. The van der Waals surface area contributed by atoms with Crippen LogP contribution >= 0.6 is 11.6 Å². The Hall–Kier alpha value is -2.86. The van der Waals surface area contributed by atoms with Crippen LogP contribution in [0.15, 0.2) is 48.5 Å². The molecule has 0 radical (unpaired) electrons. The van der Waals surface area contributed by atoms with E-state index in [1.807, 2.05) is 30.3 Å². The quantitative estimate of drug-likeness (QED) is 0.714. The summed E-state index contributed by atoms with van der Waals surface area (Å²) in [6, 6.07) is 14.2. The summed E-state index contributed by atoms with van der Waals surface area (Å²) in [4.78, 5) is 38.8. The number of rotatable bonds is 5. The van der Waals surface area contributed by atoms with Crippen molar-refractivity contribution in [2.75, 3.05) is 6.54 Å². The maximum absolute atomic E-state index is 13.0. The van der Waals surface area contributed by atoms with Gasteiger partial charge in [0.25, 0.3) is 5.91 Å². The summed E-state index contributed by atoms with van der Waals surface area (Å²) >= 11 is 6.09. The first-order chi connectivity index (χ1) is 14.0. The Balaban J connectivity index is 1.69. The maximum atomic E-state index is 13.0. The van der Waals surface area contributed by atoms with Crippen LogP contribution in [-0.4, -0.2) is 29.3 Å². The first-order valence-electron chi connectivity index (χ1n) is 9.77. The summed E-state index contributed by atoms with van der Waals surface area (Å²) in [5.74, 6) is -0.894. The number of hydrogen-bond donors (Lipinski definition) is 2. The third-order valence-electron chi connectivity index (χ3n) is 5.34. The van der Waals surface area contributed by atoms with E-state index in [2.05, 4.69) is 31.4 Å². The van der Waals surface area contributed by atoms with Crippen LogP contribution in [0.25, 0.3) is 0 Å². The van der Waals surface area contributed by atoms with Gasteiger partial charge in [0.1, 0.15) is 12.1 Å². The van der Waals surface area contributed by atoms with E-state index in [-0.39, 0.29) is 18.5 Å². The molecular formula is C23H26ClN3O3. The number of nitrogens with one attached hydrogen (secondary N) is 2. The Morgan fingerprint density at radius 1 is 1.10 bits per heavy atom. The standard InChI is InChI=1S/C23H26ClN3O3/c1-22(2,3)16-9-11-17(12-10-16)23(4)20(29)27(21(30)26-23)14-19(28)25-13-15-7-5-6-8-18(15)24/h5-12H,13-14H2,1-4H3,(H,25,28)(H,26,30). The Kier molecular flexibility index (Phi) is 5.90. The summed E-state index contributed by atoms with van der Waals surface area (Å²) < 4.78 is 0. The Labute approximate surface area is 181 Å². The van der Waals surface area contributed by atoms with Crippen molar-refractivity contribution in [2.45, 2.75) is 45.2 Å². The van der Waals surface area contributed by atoms with Crippen LogP contribution in [0.1, 0.15) is 44.4 Å². The lowest BCUT2D eigenvalue weighted by Crippen LogP contribution is -2.43. The molecule has 0 aliphatic carbocycles. The highest BCUT2D eigenvalue weighted by atomic mass is 35.5. The van der Waals surface area contributed by atoms with Crippen molar-refractivity contribution < 1.29 is 14.4 Å². The van der Waals surface area contributed by atoms with Gasteiger partial charge in [0, 0.05) is 11.6 Å². The van der Waals surface area contributed by atoms with Crippen LogP contribution in [0.4, 0.5) is 4.79 Å². The molecule has 1 heterocycles. The normalized spacial score (nSPS) is 19.0. The molecule has 30 heavy (non-hydrogen) atoms. The van der Waals surface area contributed by atoms with Gasteiger partial charge < -0.3 is 10.6 Å². The average Bonchev–Trinajstić information content (AvgIpc) is 2.91. The van der Waals surface area contributed by atoms with Crippen molar-refractivity contribution in [3.05, 3.63) is 70.2 Å². The van der Waals surface area contributed by atoms with Crippen molar-refractivity contribution in [1.82, 2.24) is 15.5 Å². The second-order valence-corrected chi connectivity index (χ2v) is 9.05. The van der Waals surface area contributed by atoms with E-state index in [1.165, 1.54) is 0 Å². The van der Waals surface area contributed by atoms with Crippen LogP contribution < -0.4 is 10.6 Å². The molecule has 0 aromatic heterocycles. The van der Waals surface area contributed by atoms with Gasteiger partial charge in [0.2, 0.25) is 5.91 Å². The van der Waals surface area contributed by atoms with Crippen molar-refractivity contribution in [3.8, 4) is 0 Å². The lowest BCUT2D eigenvalue weighted by molar-refractivity contribution is -0.134. The fourth-order valence-corrected chi connectivity index (χ4v) is 3.58. The zero-order valence-corrected chi connectivity index (χ0v) is 18.3. The summed E-state index contributed by atoms with van der Waals surface area (Å²) in [6.45, 7) is 7.83. The third kappa shape index (κ3) is 4.33. The Morgan fingerprint density at radius 2 is 1.73 bits per heavy atom. The Bertz CT molecular complexity index is 982. The molecule has 1 aliphatic heterocycles. The van der Waals surface area contributed by atoms with Crippen molar-refractivity contribution in [3.63, 3.8) is 0 Å². The number of halogens is 1. The minimum absolute atomic E-state index is 0.0197. The molecule has 0 bridgehead atoms. The highest BCUT2D eigenvalue weighted by Crippen LogP contribution is 2.31. The van der Waals surface area contributed by atoms with Gasteiger partial charge in [-0.15, -0.1) is 0 Å². The van der Waals surface area contributed by atoms with Gasteiger partial charge in [-0.3, -0.25) is 14.5 Å². The number of imide groups is 1. The van der Waals surface area contributed by atoms with Gasteiger partial charge >= 0.3 is 6.03 Å². The van der Waals surface area contributed by atoms with Crippen LogP contribution in [-0.2, 0) is 27.1 Å². The minimum Gasteiger partial charge on any atom is -0.350 e.